The summed E-state index contributed by atoms with van der Waals surface area (Å²) in [5, 5.41) is 4.20. The number of aliphatic imine (C=N–C) groups is 1. The minimum Gasteiger partial charge on any atom is -0.347 e. The van der Waals surface area contributed by atoms with Crippen molar-refractivity contribution >= 4 is 46.2 Å². The number of hydrogen-bond donors (Lipinski definition) is 1. The van der Waals surface area contributed by atoms with Crippen molar-refractivity contribution in [3.63, 3.8) is 0 Å². The van der Waals surface area contributed by atoms with E-state index in [2.05, 4.69) is 10.2 Å². The van der Waals surface area contributed by atoms with Crippen molar-refractivity contribution in [1.82, 2.24) is 15.1 Å². The molecule has 1 unspecified atom stereocenters. The van der Waals surface area contributed by atoms with Gasteiger partial charge in [0, 0.05) is 49.4 Å². The van der Waals surface area contributed by atoms with Crippen LogP contribution in [0, 0.1) is 11.6 Å². The van der Waals surface area contributed by atoms with Gasteiger partial charge in [0.05, 0.1) is 17.4 Å². The minimum atomic E-state index is -0.946. The molecule has 1 amide bonds. The lowest BCUT2D eigenvalue weighted by Crippen LogP contribution is -2.56. The number of benzene rings is 4. The molecule has 0 spiro atoms. The summed E-state index contributed by atoms with van der Waals surface area (Å²) in [5.41, 5.74) is 4.81. The third-order valence-corrected chi connectivity index (χ3v) is 8.65. The quantitative estimate of drug-likeness (QED) is 0.273. The average molecular weight is 630 g/mol. The van der Waals surface area contributed by atoms with Gasteiger partial charge in [0.25, 0.3) is 5.91 Å². The molecule has 224 valence electrons. The van der Waals surface area contributed by atoms with Gasteiger partial charge < -0.3 is 15.1 Å². The van der Waals surface area contributed by atoms with Crippen LogP contribution in [0.3, 0.4) is 0 Å². The largest absolute Gasteiger partial charge is 0.347 e. The first kappa shape index (κ1) is 29.9. The summed E-state index contributed by atoms with van der Waals surface area (Å²) >= 11 is 12.2. The highest BCUT2D eigenvalue weighted by Gasteiger charge is 2.33. The van der Waals surface area contributed by atoms with Crippen molar-refractivity contribution in [3.05, 3.63) is 136 Å². The van der Waals surface area contributed by atoms with E-state index in [1.165, 1.54) is 24.3 Å². The van der Waals surface area contributed by atoms with Crippen LogP contribution in [-0.4, -0.2) is 65.9 Å². The SMILES string of the molecule is CN1C(=O)C(NC(=S)N2CCN(C(c3ccc(F)cc3)c3ccc(F)cc3)CC2)N=C(c2ccccc2)c2cc(Cl)ccc21. The highest BCUT2D eigenvalue weighted by atomic mass is 35.5. The number of nitrogens with one attached hydrogen (secondary N) is 1. The van der Waals surface area contributed by atoms with E-state index in [9.17, 15) is 13.6 Å². The van der Waals surface area contributed by atoms with E-state index < -0.39 is 6.17 Å². The number of halogens is 3. The molecule has 4 aromatic rings. The lowest BCUT2D eigenvalue weighted by atomic mass is 9.96. The number of piperazine rings is 1. The second-order valence-electron chi connectivity index (χ2n) is 10.8. The van der Waals surface area contributed by atoms with Crippen LogP contribution in [0.1, 0.15) is 28.3 Å². The van der Waals surface area contributed by atoms with Gasteiger partial charge in [0.2, 0.25) is 6.17 Å². The fourth-order valence-electron chi connectivity index (χ4n) is 5.76. The Balaban J connectivity index is 1.22. The zero-order chi connectivity index (χ0) is 30.8. The molecule has 1 fully saturated rings. The predicted octanol–water partition coefficient (Wildman–Crippen LogP) is 6.04. The molecule has 44 heavy (non-hydrogen) atoms. The van der Waals surface area contributed by atoms with Crippen molar-refractivity contribution in [2.75, 3.05) is 38.1 Å². The van der Waals surface area contributed by atoms with Crippen LogP contribution in [0.25, 0.3) is 0 Å². The Morgan fingerprint density at radius 3 is 2.07 bits per heavy atom. The van der Waals surface area contributed by atoms with Crippen LogP contribution < -0.4 is 10.2 Å². The maximum absolute atomic E-state index is 13.7. The fraction of sp³-hybridized carbons (Fsp3) is 0.206. The van der Waals surface area contributed by atoms with E-state index in [-0.39, 0.29) is 23.6 Å². The van der Waals surface area contributed by atoms with Gasteiger partial charge >= 0.3 is 0 Å². The van der Waals surface area contributed by atoms with Crippen molar-refractivity contribution < 1.29 is 13.6 Å². The molecule has 10 heteroatoms. The Morgan fingerprint density at radius 1 is 0.886 bits per heavy atom. The summed E-state index contributed by atoms with van der Waals surface area (Å²) in [6, 6.07) is 27.8. The van der Waals surface area contributed by atoms with E-state index >= 15 is 0 Å². The molecule has 1 atom stereocenters. The standard InChI is InChI=1S/C34H30ClF2N5OS/c1-40-29-16-11-25(35)21-28(29)30(22-5-3-2-4-6-22)38-32(33(40)43)39-34(44)42-19-17-41(18-20-42)31(23-7-12-26(36)13-8-23)24-9-14-27(37)15-10-24/h2-16,21,31-32H,17-20H2,1H3,(H,39,44). The molecule has 0 radical (unpaired) electrons. The van der Waals surface area contributed by atoms with Gasteiger partial charge in [-0.2, -0.15) is 0 Å². The third-order valence-electron chi connectivity index (χ3n) is 8.04. The second-order valence-corrected chi connectivity index (χ2v) is 11.6. The molecule has 2 aliphatic rings. The highest BCUT2D eigenvalue weighted by Crippen LogP contribution is 2.32. The Bertz CT molecular complexity index is 1650. The van der Waals surface area contributed by atoms with Crippen LogP contribution in [0.15, 0.2) is 102 Å². The van der Waals surface area contributed by atoms with Gasteiger partial charge in [0.15, 0.2) is 5.11 Å². The number of fused-ring (bicyclic) bond motifs is 1. The number of amides is 1. The zero-order valence-electron chi connectivity index (χ0n) is 24.0. The fourth-order valence-corrected chi connectivity index (χ4v) is 6.23. The van der Waals surface area contributed by atoms with E-state index in [0.29, 0.717) is 47.7 Å². The third kappa shape index (κ3) is 6.22. The van der Waals surface area contributed by atoms with Crippen molar-refractivity contribution in [3.8, 4) is 0 Å². The first-order valence-corrected chi connectivity index (χ1v) is 15.1. The topological polar surface area (TPSA) is 51.2 Å². The number of nitrogens with zero attached hydrogens (tertiary/aromatic N) is 4. The number of thiocarbonyl (C=S) groups is 1. The highest BCUT2D eigenvalue weighted by molar-refractivity contribution is 7.80. The summed E-state index contributed by atoms with van der Waals surface area (Å²) < 4.78 is 27.5. The summed E-state index contributed by atoms with van der Waals surface area (Å²) in [5.74, 6) is -0.861. The Hall–Kier alpha value is -4.18. The summed E-state index contributed by atoms with van der Waals surface area (Å²) in [7, 11) is 1.72. The zero-order valence-corrected chi connectivity index (χ0v) is 25.5. The molecular weight excluding hydrogens is 600 g/mol. The van der Waals surface area contributed by atoms with Crippen LogP contribution >= 0.6 is 23.8 Å². The van der Waals surface area contributed by atoms with Crippen LogP contribution in [0.5, 0.6) is 0 Å². The minimum absolute atomic E-state index is 0.180. The number of anilines is 1. The molecule has 6 nitrogen and oxygen atoms in total. The molecule has 1 N–H and O–H groups in total. The van der Waals surface area contributed by atoms with E-state index in [0.717, 1.165) is 22.3 Å². The Kier molecular flexibility index (Phi) is 8.70. The van der Waals surface area contributed by atoms with Gasteiger partial charge in [-0.05, 0) is 65.8 Å². The smallest absolute Gasteiger partial charge is 0.272 e. The van der Waals surface area contributed by atoms with E-state index in [4.69, 9.17) is 28.8 Å². The summed E-state index contributed by atoms with van der Waals surface area (Å²) in [4.78, 5) is 24.5. The lowest BCUT2D eigenvalue weighted by Gasteiger charge is -2.41. The molecule has 0 aromatic heterocycles. The van der Waals surface area contributed by atoms with Gasteiger partial charge in [-0.25, -0.2) is 13.8 Å². The average Bonchev–Trinajstić information content (AvgIpc) is 3.14. The maximum atomic E-state index is 13.7. The summed E-state index contributed by atoms with van der Waals surface area (Å²) in [6.45, 7) is 2.46. The normalized spacial score (nSPS) is 17.2. The van der Waals surface area contributed by atoms with E-state index in [1.807, 2.05) is 47.4 Å². The van der Waals surface area contributed by atoms with Gasteiger partial charge in [-0.1, -0.05) is 66.2 Å². The monoisotopic (exact) mass is 629 g/mol. The van der Waals surface area contributed by atoms with Crippen molar-refractivity contribution in [2.45, 2.75) is 12.2 Å². The number of likely N-dealkylation sites (N-methyl/N-ethyl adjacent to an activating group) is 1. The predicted molar refractivity (Wildman–Crippen MR) is 174 cm³/mol. The maximum Gasteiger partial charge on any atom is 0.272 e. The number of rotatable bonds is 5. The number of hydrogen-bond acceptors (Lipinski definition) is 4. The molecule has 2 heterocycles. The first-order chi connectivity index (χ1) is 21.3. The molecule has 4 aromatic carbocycles. The number of carbonyl (C=O) groups excluding carboxylic acids is 1. The molecule has 2 aliphatic heterocycles. The van der Waals surface area contributed by atoms with Gasteiger partial charge in [0.1, 0.15) is 11.6 Å². The molecule has 0 saturated carbocycles. The van der Waals surface area contributed by atoms with Crippen LogP contribution in [0.4, 0.5) is 14.5 Å². The molecule has 6 rings (SSSR count). The molecule has 1 saturated heterocycles. The molecule has 0 aliphatic carbocycles. The van der Waals surface area contributed by atoms with Gasteiger partial charge in [-0.15, -0.1) is 0 Å². The second kappa shape index (κ2) is 12.8. The van der Waals surface area contributed by atoms with Crippen LogP contribution in [0.2, 0.25) is 5.02 Å². The first-order valence-electron chi connectivity index (χ1n) is 14.3. The van der Waals surface area contributed by atoms with Crippen LogP contribution in [-0.2, 0) is 4.79 Å². The van der Waals surface area contributed by atoms with Crippen molar-refractivity contribution in [1.29, 1.82) is 0 Å². The molecular formula is C34H30ClF2N5OS. The van der Waals surface area contributed by atoms with Crippen molar-refractivity contribution in [2.24, 2.45) is 4.99 Å². The van der Waals surface area contributed by atoms with Gasteiger partial charge in [-0.3, -0.25) is 9.69 Å². The number of carbonyl (C=O) groups is 1. The lowest BCUT2D eigenvalue weighted by molar-refractivity contribution is -0.119. The Labute approximate surface area is 265 Å². The summed E-state index contributed by atoms with van der Waals surface area (Å²) in [6.07, 6.45) is -0.946. The number of benzodiazepines with no additional fused rings is 1. The van der Waals surface area contributed by atoms with E-state index in [1.54, 1.807) is 42.3 Å². The molecule has 0 bridgehead atoms. The Morgan fingerprint density at radius 2 is 1.48 bits per heavy atom.